The predicted molar refractivity (Wildman–Crippen MR) is 85.8 cm³/mol. The van der Waals surface area contributed by atoms with Crippen molar-refractivity contribution in [1.82, 2.24) is 29.9 Å². The van der Waals surface area contributed by atoms with E-state index in [-0.39, 0.29) is 0 Å². The molecule has 118 valence electrons. The minimum atomic E-state index is 0.353. The molecule has 0 unspecified atom stereocenters. The highest BCUT2D eigenvalue weighted by molar-refractivity contribution is 5.74. The van der Waals surface area contributed by atoms with Gasteiger partial charge in [-0.25, -0.2) is 4.98 Å². The summed E-state index contributed by atoms with van der Waals surface area (Å²) < 4.78 is 2.12. The maximum absolute atomic E-state index is 8.79. The molecule has 3 heterocycles. The molecule has 1 aliphatic rings. The Hall–Kier alpha value is -2.46. The largest absolute Gasteiger partial charge is 0.345 e. The van der Waals surface area contributed by atoms with Gasteiger partial charge in [0.15, 0.2) is 11.3 Å². The van der Waals surface area contributed by atoms with Gasteiger partial charge >= 0.3 is 0 Å². The molecule has 0 bridgehead atoms. The zero-order chi connectivity index (χ0) is 15.8. The minimum absolute atomic E-state index is 0.353. The molecule has 0 aliphatic heterocycles. The summed E-state index contributed by atoms with van der Waals surface area (Å²) in [5, 5.41) is 20.9. The molecule has 0 radical (unpaired) electrons. The average molecular weight is 309 g/mol. The summed E-state index contributed by atoms with van der Waals surface area (Å²) in [7, 11) is 0. The molecule has 3 aromatic heterocycles. The molecule has 3 atom stereocenters. The molecule has 1 saturated carbocycles. The van der Waals surface area contributed by atoms with E-state index in [1.54, 1.807) is 6.20 Å². The van der Waals surface area contributed by atoms with Gasteiger partial charge in [-0.2, -0.15) is 5.26 Å². The van der Waals surface area contributed by atoms with E-state index >= 15 is 0 Å². The highest BCUT2D eigenvalue weighted by Crippen LogP contribution is 2.41. The van der Waals surface area contributed by atoms with E-state index in [0.717, 1.165) is 41.9 Å². The van der Waals surface area contributed by atoms with Crippen molar-refractivity contribution < 1.29 is 0 Å². The van der Waals surface area contributed by atoms with Crippen molar-refractivity contribution in [2.75, 3.05) is 6.54 Å². The fraction of sp³-hybridized carbons (Fsp3) is 0.500. The van der Waals surface area contributed by atoms with Gasteiger partial charge in [0.05, 0.1) is 24.3 Å². The molecular weight excluding hydrogens is 290 g/mol. The van der Waals surface area contributed by atoms with Crippen molar-refractivity contribution in [3.05, 3.63) is 24.3 Å². The number of nitrogens with one attached hydrogen (secondary N) is 2. The van der Waals surface area contributed by atoms with Crippen LogP contribution in [0.1, 0.15) is 37.9 Å². The smallest absolute Gasteiger partial charge is 0.179 e. The first kappa shape index (κ1) is 14.2. The van der Waals surface area contributed by atoms with E-state index in [4.69, 9.17) is 5.26 Å². The van der Waals surface area contributed by atoms with Crippen molar-refractivity contribution in [1.29, 1.82) is 5.26 Å². The number of nitrogens with zero attached hydrogens (tertiary/aromatic N) is 5. The molecule has 23 heavy (non-hydrogen) atoms. The molecule has 0 spiro atoms. The molecule has 0 saturated heterocycles. The van der Waals surface area contributed by atoms with Crippen LogP contribution in [0.2, 0.25) is 0 Å². The van der Waals surface area contributed by atoms with Crippen LogP contribution in [0, 0.1) is 17.2 Å². The molecule has 0 aromatic carbocycles. The first-order chi connectivity index (χ1) is 11.3. The van der Waals surface area contributed by atoms with E-state index in [1.807, 2.05) is 12.3 Å². The van der Waals surface area contributed by atoms with Crippen molar-refractivity contribution in [3.8, 4) is 6.07 Å². The summed E-state index contributed by atoms with van der Waals surface area (Å²) in [6, 6.07) is 4.56. The SMILES string of the molecule is CC[C@@H]1C[C@H](NCC#N)C[C@@H]1c1nnc2cnc3[nH]ccc3n12. The van der Waals surface area contributed by atoms with Crippen molar-refractivity contribution in [2.45, 2.75) is 38.1 Å². The van der Waals surface area contributed by atoms with Crippen LogP contribution >= 0.6 is 0 Å². The normalized spacial score (nSPS) is 24.4. The van der Waals surface area contributed by atoms with Gasteiger partial charge in [0.2, 0.25) is 0 Å². The van der Waals surface area contributed by atoms with E-state index in [0.29, 0.717) is 24.4 Å². The van der Waals surface area contributed by atoms with Gasteiger partial charge in [-0.05, 0) is 24.8 Å². The summed E-state index contributed by atoms with van der Waals surface area (Å²) in [6.45, 7) is 2.63. The second kappa shape index (κ2) is 5.63. The van der Waals surface area contributed by atoms with Crippen molar-refractivity contribution in [3.63, 3.8) is 0 Å². The minimum Gasteiger partial charge on any atom is -0.345 e. The van der Waals surface area contributed by atoms with Gasteiger partial charge in [-0.15, -0.1) is 10.2 Å². The topological polar surface area (TPSA) is 94.7 Å². The highest BCUT2D eigenvalue weighted by Gasteiger charge is 2.36. The van der Waals surface area contributed by atoms with Crippen LogP contribution in [-0.4, -0.2) is 37.2 Å². The molecule has 3 aromatic rings. The monoisotopic (exact) mass is 309 g/mol. The first-order valence-corrected chi connectivity index (χ1v) is 8.09. The van der Waals surface area contributed by atoms with Crippen molar-refractivity contribution >= 4 is 16.8 Å². The van der Waals surface area contributed by atoms with Crippen LogP contribution in [-0.2, 0) is 0 Å². The summed E-state index contributed by atoms with van der Waals surface area (Å²) >= 11 is 0. The number of aromatic amines is 1. The Kier molecular flexibility index (Phi) is 3.46. The summed E-state index contributed by atoms with van der Waals surface area (Å²) in [6.07, 6.45) is 6.83. The van der Waals surface area contributed by atoms with Gasteiger partial charge in [-0.3, -0.25) is 4.40 Å². The summed E-state index contributed by atoms with van der Waals surface area (Å²) in [5.41, 5.74) is 2.66. The van der Waals surface area contributed by atoms with E-state index in [1.165, 1.54) is 0 Å². The lowest BCUT2D eigenvalue weighted by Crippen LogP contribution is -2.26. The standard InChI is InChI=1S/C16H19N7/c1-2-10-7-11(18-6-4-17)8-12(10)16-22-21-14-9-20-15-13(23(14)16)3-5-19-15/h3,5,9-12,18-19H,2,6-8H2,1H3/t10-,11+,12+/m1/s1. The Morgan fingerprint density at radius 3 is 3.17 bits per heavy atom. The number of H-pyrrole nitrogens is 1. The fourth-order valence-corrected chi connectivity index (χ4v) is 3.89. The van der Waals surface area contributed by atoms with Crippen LogP contribution in [0.25, 0.3) is 16.8 Å². The lowest BCUT2D eigenvalue weighted by molar-refractivity contribution is 0.447. The second-order valence-electron chi connectivity index (χ2n) is 6.20. The van der Waals surface area contributed by atoms with Gasteiger partial charge in [0, 0.05) is 18.2 Å². The summed E-state index contributed by atoms with van der Waals surface area (Å²) in [5.74, 6) is 1.92. The third-order valence-corrected chi connectivity index (χ3v) is 4.99. The maximum atomic E-state index is 8.79. The van der Waals surface area contributed by atoms with E-state index < -0.39 is 0 Å². The third kappa shape index (κ3) is 2.26. The predicted octanol–water partition coefficient (Wildman–Crippen LogP) is 1.99. The van der Waals surface area contributed by atoms with E-state index in [9.17, 15) is 0 Å². The Morgan fingerprint density at radius 1 is 1.43 bits per heavy atom. The Labute approximate surface area is 133 Å². The number of aromatic nitrogens is 5. The lowest BCUT2D eigenvalue weighted by atomic mass is 9.93. The Bertz CT molecular complexity index is 871. The number of nitriles is 1. The molecule has 1 fully saturated rings. The van der Waals surface area contributed by atoms with Crippen LogP contribution in [0.3, 0.4) is 0 Å². The van der Waals surface area contributed by atoms with Gasteiger partial charge < -0.3 is 10.3 Å². The van der Waals surface area contributed by atoms with Gasteiger partial charge in [0.1, 0.15) is 5.82 Å². The van der Waals surface area contributed by atoms with E-state index in [2.05, 4.69) is 42.9 Å². The molecule has 7 heteroatoms. The quantitative estimate of drug-likeness (QED) is 0.719. The lowest BCUT2D eigenvalue weighted by Gasteiger charge is -2.16. The van der Waals surface area contributed by atoms with Crippen LogP contribution < -0.4 is 5.32 Å². The molecule has 7 nitrogen and oxygen atoms in total. The number of hydrogen-bond donors (Lipinski definition) is 2. The Morgan fingerprint density at radius 2 is 2.35 bits per heavy atom. The first-order valence-electron chi connectivity index (χ1n) is 8.09. The second-order valence-corrected chi connectivity index (χ2v) is 6.20. The summed E-state index contributed by atoms with van der Waals surface area (Å²) in [4.78, 5) is 7.52. The third-order valence-electron chi connectivity index (χ3n) is 4.99. The number of hydrogen-bond acceptors (Lipinski definition) is 5. The van der Waals surface area contributed by atoms with Crippen LogP contribution in [0.5, 0.6) is 0 Å². The fourth-order valence-electron chi connectivity index (χ4n) is 3.89. The van der Waals surface area contributed by atoms with Gasteiger partial charge in [-0.1, -0.05) is 13.3 Å². The number of fused-ring (bicyclic) bond motifs is 3. The zero-order valence-corrected chi connectivity index (χ0v) is 13.0. The molecule has 4 rings (SSSR count). The van der Waals surface area contributed by atoms with Crippen LogP contribution in [0.15, 0.2) is 18.5 Å². The Balaban J connectivity index is 1.76. The number of rotatable bonds is 4. The maximum Gasteiger partial charge on any atom is 0.179 e. The van der Waals surface area contributed by atoms with Crippen LogP contribution in [0.4, 0.5) is 0 Å². The molecular formula is C16H19N7. The molecule has 0 amide bonds. The van der Waals surface area contributed by atoms with Crippen molar-refractivity contribution in [2.24, 2.45) is 5.92 Å². The molecule has 2 N–H and O–H groups in total. The van der Waals surface area contributed by atoms with Gasteiger partial charge in [0.25, 0.3) is 0 Å². The highest BCUT2D eigenvalue weighted by atomic mass is 15.3. The average Bonchev–Trinajstić information content (AvgIpc) is 3.28. The molecule has 1 aliphatic carbocycles. The zero-order valence-electron chi connectivity index (χ0n) is 13.0.